The normalized spacial score (nSPS) is 14.9. The van der Waals surface area contributed by atoms with Gasteiger partial charge in [0, 0.05) is 37.4 Å². The van der Waals surface area contributed by atoms with Crippen molar-refractivity contribution in [2.24, 2.45) is 28.5 Å². The monoisotopic (exact) mass is 586 g/mol. The van der Waals surface area contributed by atoms with Gasteiger partial charge in [-0.05, 0) is 36.7 Å². The van der Waals surface area contributed by atoms with E-state index in [4.69, 9.17) is 21.3 Å². The van der Waals surface area contributed by atoms with Gasteiger partial charge in [0.25, 0.3) is 5.91 Å². The smallest absolute Gasteiger partial charge is 0.271 e. The van der Waals surface area contributed by atoms with Gasteiger partial charge in [-0.15, -0.1) is 11.3 Å². The van der Waals surface area contributed by atoms with E-state index in [1.165, 1.54) is 11.3 Å². The van der Waals surface area contributed by atoms with Gasteiger partial charge in [0.1, 0.15) is 22.6 Å². The molecule has 0 aliphatic rings. The van der Waals surface area contributed by atoms with E-state index in [9.17, 15) is 9.59 Å². The van der Waals surface area contributed by atoms with Crippen LogP contribution in [0.3, 0.4) is 0 Å². The number of nitrogens with zero attached hydrogens (tertiary/aromatic N) is 3. The summed E-state index contributed by atoms with van der Waals surface area (Å²) >= 11 is 1.40. The van der Waals surface area contributed by atoms with Gasteiger partial charge in [0.05, 0.1) is 6.04 Å². The zero-order chi connectivity index (χ0) is 30.4. The van der Waals surface area contributed by atoms with Gasteiger partial charge in [0.2, 0.25) is 5.91 Å². The number of hydrogen-bond acceptors (Lipinski definition) is 7. The number of aromatic nitrogens is 1. The molecule has 0 aliphatic carbocycles. The second kappa shape index (κ2) is 17.7. The maximum Gasteiger partial charge on any atom is 0.271 e. The van der Waals surface area contributed by atoms with Crippen molar-refractivity contribution in [2.75, 3.05) is 13.2 Å². The second-order valence-corrected chi connectivity index (χ2v) is 11.9. The number of hydrazone groups is 1. The summed E-state index contributed by atoms with van der Waals surface area (Å²) in [4.78, 5) is 33.4. The number of ether oxygens (including phenoxy) is 1. The zero-order valence-electron chi connectivity index (χ0n) is 25.6. The number of thiazole rings is 1. The van der Waals surface area contributed by atoms with E-state index < -0.39 is 6.04 Å². The molecule has 2 aromatic rings. The third kappa shape index (κ3) is 10.7. The van der Waals surface area contributed by atoms with Crippen LogP contribution >= 0.6 is 11.3 Å². The molecule has 0 aliphatic heterocycles. The first-order valence-corrected chi connectivity index (χ1v) is 15.8. The number of carbonyl (C=O) groups is 2. The molecule has 10 heteroatoms. The van der Waals surface area contributed by atoms with Crippen LogP contribution in [0.25, 0.3) is 0 Å². The van der Waals surface area contributed by atoms with Gasteiger partial charge in [-0.2, -0.15) is 5.10 Å². The topological polar surface area (TPSA) is 136 Å². The predicted octanol–water partition coefficient (Wildman–Crippen LogP) is 5.27. The van der Waals surface area contributed by atoms with Gasteiger partial charge in [-0.25, -0.2) is 4.98 Å². The van der Waals surface area contributed by atoms with Crippen LogP contribution < -0.4 is 16.9 Å². The first-order valence-electron chi connectivity index (χ1n) is 14.9. The first kappa shape index (κ1) is 34.2. The van der Waals surface area contributed by atoms with E-state index in [-0.39, 0.29) is 41.4 Å². The summed E-state index contributed by atoms with van der Waals surface area (Å²) in [5, 5.41) is 9.03. The van der Waals surface area contributed by atoms with Crippen LogP contribution in [0.5, 0.6) is 0 Å². The Balaban J connectivity index is 2.27. The van der Waals surface area contributed by atoms with Crippen molar-refractivity contribution in [1.29, 1.82) is 0 Å². The van der Waals surface area contributed by atoms with Crippen LogP contribution in [0.2, 0.25) is 0 Å². The zero-order valence-corrected chi connectivity index (χ0v) is 26.5. The molecule has 9 nitrogen and oxygen atoms in total. The molecule has 1 aromatic carbocycles. The molecule has 1 heterocycles. The third-order valence-corrected chi connectivity index (χ3v) is 8.21. The minimum atomic E-state index is -0.573. The maximum atomic E-state index is 13.4. The minimum Gasteiger partial charge on any atom is -0.384 e. The Labute approximate surface area is 250 Å². The standard InChI is InChI=1S/C31H50N6O3S/c1-7-15-37(28(38)17-22(6)9-3)26(21(4)5)19-27(40-16-8-2)31-35-25(20-41-31)30(39)34-24(29(32)36-33)18-23-13-11-10-12-14-23/h10-14,20-22,24,26-27H,7-9,15-19,33H2,1-6H3,(H2,32,36)(H,34,39)/t22-,24?,26?,27?/m0/s1. The fourth-order valence-electron chi connectivity index (χ4n) is 4.70. The minimum absolute atomic E-state index is 0.00893. The Morgan fingerprint density at radius 3 is 2.41 bits per heavy atom. The highest BCUT2D eigenvalue weighted by Gasteiger charge is 2.31. The summed E-state index contributed by atoms with van der Waals surface area (Å²) in [7, 11) is 0. The highest BCUT2D eigenvalue weighted by Crippen LogP contribution is 2.31. The van der Waals surface area contributed by atoms with Crippen LogP contribution in [0, 0.1) is 11.8 Å². The molecule has 0 fully saturated rings. The summed E-state index contributed by atoms with van der Waals surface area (Å²) in [6, 6.07) is 9.12. The number of rotatable bonds is 18. The quantitative estimate of drug-likeness (QED) is 0.0942. The van der Waals surface area contributed by atoms with Gasteiger partial charge in [-0.1, -0.05) is 78.3 Å². The van der Waals surface area contributed by atoms with Gasteiger partial charge in [-0.3, -0.25) is 9.59 Å². The van der Waals surface area contributed by atoms with Crippen LogP contribution in [0.1, 0.15) is 101 Å². The Morgan fingerprint density at radius 2 is 1.83 bits per heavy atom. The number of nitrogens with two attached hydrogens (primary N) is 2. The number of amidine groups is 1. The summed E-state index contributed by atoms with van der Waals surface area (Å²) in [6.07, 6.45) is 3.98. The van der Waals surface area contributed by atoms with Crippen LogP contribution in [-0.2, 0) is 16.0 Å². The molecule has 2 rings (SSSR count). The summed E-state index contributed by atoms with van der Waals surface area (Å²) < 4.78 is 6.30. The summed E-state index contributed by atoms with van der Waals surface area (Å²) in [6.45, 7) is 14.0. The number of hydrogen-bond donors (Lipinski definition) is 3. The van der Waals surface area contributed by atoms with E-state index in [1.807, 2.05) is 35.2 Å². The van der Waals surface area contributed by atoms with Crippen molar-refractivity contribution in [2.45, 2.75) is 98.3 Å². The molecule has 3 unspecified atom stereocenters. The molecular weight excluding hydrogens is 536 g/mol. The van der Waals surface area contributed by atoms with Gasteiger partial charge < -0.3 is 26.5 Å². The van der Waals surface area contributed by atoms with E-state index in [2.05, 4.69) is 52.0 Å². The summed E-state index contributed by atoms with van der Waals surface area (Å²) in [5.41, 5.74) is 7.32. The average Bonchev–Trinajstić information content (AvgIpc) is 3.46. The molecule has 2 amide bonds. The number of carbonyl (C=O) groups excluding carboxylic acids is 2. The number of nitrogens with one attached hydrogen (secondary N) is 1. The van der Waals surface area contributed by atoms with Crippen molar-refractivity contribution in [3.8, 4) is 0 Å². The molecule has 0 saturated heterocycles. The Hall–Kier alpha value is -2.98. The summed E-state index contributed by atoms with van der Waals surface area (Å²) in [5.74, 6) is 6.00. The average molecular weight is 587 g/mol. The molecule has 0 radical (unpaired) electrons. The highest BCUT2D eigenvalue weighted by molar-refractivity contribution is 7.09. The van der Waals surface area contributed by atoms with Crippen LogP contribution in [0.4, 0.5) is 0 Å². The lowest BCUT2D eigenvalue weighted by atomic mass is 9.94. The van der Waals surface area contributed by atoms with E-state index in [1.54, 1.807) is 5.38 Å². The molecule has 0 spiro atoms. The number of benzene rings is 1. The third-order valence-electron chi connectivity index (χ3n) is 7.28. The predicted molar refractivity (Wildman–Crippen MR) is 168 cm³/mol. The fourth-order valence-corrected chi connectivity index (χ4v) is 5.56. The molecule has 5 N–H and O–H groups in total. The van der Waals surface area contributed by atoms with Crippen molar-refractivity contribution < 1.29 is 14.3 Å². The molecular formula is C31H50N6O3S. The van der Waals surface area contributed by atoms with Crippen molar-refractivity contribution in [3.05, 3.63) is 52.0 Å². The molecule has 4 atom stereocenters. The first-order chi connectivity index (χ1) is 19.6. The van der Waals surface area contributed by atoms with Crippen LogP contribution in [0.15, 0.2) is 40.8 Å². The number of amides is 2. The van der Waals surface area contributed by atoms with E-state index in [0.717, 1.165) is 29.8 Å². The molecule has 228 valence electrons. The fraction of sp³-hybridized carbons (Fsp3) is 0.613. The lowest BCUT2D eigenvalue weighted by Gasteiger charge is -2.37. The van der Waals surface area contributed by atoms with Crippen molar-refractivity contribution in [3.63, 3.8) is 0 Å². The maximum absolute atomic E-state index is 13.4. The second-order valence-electron chi connectivity index (χ2n) is 11.1. The highest BCUT2D eigenvalue weighted by atomic mass is 32.1. The molecule has 0 bridgehead atoms. The van der Waals surface area contributed by atoms with E-state index in [0.29, 0.717) is 38.3 Å². The Bertz CT molecular complexity index is 1090. The van der Waals surface area contributed by atoms with Gasteiger partial charge in [0.15, 0.2) is 0 Å². The lowest BCUT2D eigenvalue weighted by molar-refractivity contribution is -0.136. The van der Waals surface area contributed by atoms with Crippen molar-refractivity contribution >= 4 is 29.0 Å². The molecule has 0 saturated carbocycles. The van der Waals surface area contributed by atoms with Gasteiger partial charge >= 0.3 is 0 Å². The molecule has 1 aromatic heterocycles. The van der Waals surface area contributed by atoms with E-state index >= 15 is 0 Å². The van der Waals surface area contributed by atoms with Crippen molar-refractivity contribution in [1.82, 2.24) is 15.2 Å². The SMILES string of the molecule is CCCOC(CC(C(C)C)N(CCC)C(=O)C[C@@H](C)CC)c1nc(C(=O)NC(Cc2ccccc2)/C(N)=N/N)cs1. The largest absolute Gasteiger partial charge is 0.384 e. The van der Waals surface area contributed by atoms with Crippen LogP contribution in [-0.4, -0.2) is 52.8 Å². The Kier molecular flexibility index (Phi) is 14.8. The lowest BCUT2D eigenvalue weighted by Crippen LogP contribution is -2.46. The molecule has 41 heavy (non-hydrogen) atoms. The Morgan fingerprint density at radius 1 is 1.12 bits per heavy atom.